The molecule has 0 saturated heterocycles. The van der Waals surface area contributed by atoms with Crippen molar-refractivity contribution >= 4 is 182 Å². The molecule has 0 unspecified atom stereocenters. The van der Waals surface area contributed by atoms with E-state index >= 15 is 0 Å². The van der Waals surface area contributed by atoms with E-state index in [1.165, 1.54) is 104 Å². The van der Waals surface area contributed by atoms with Gasteiger partial charge >= 0.3 is 0 Å². The number of hydrogen-bond acceptors (Lipinski definition) is 3. The van der Waals surface area contributed by atoms with Crippen molar-refractivity contribution in [1.29, 1.82) is 0 Å². The van der Waals surface area contributed by atoms with Crippen molar-refractivity contribution in [2.75, 3.05) is 9.80 Å². The van der Waals surface area contributed by atoms with Crippen LogP contribution in [0.2, 0.25) is 0 Å². The Balaban J connectivity index is 0.902. The Morgan fingerprint density at radius 2 is 0.685 bits per heavy atom. The molecule has 21 aromatic rings. The SMILES string of the molecule is CC(C)(C)c1ccc2c(c1)c1cc(C(C)(C)C)ccc1n2-c1ccc2c(c1)N(c1ccc(-c3ccccc3)cc1)c1cc(-n3c4ccccc4c4c5c(ccc43)oc3ccccc35)cc3c1B2c1cc2c4ccccc4c4ccccc4c4cccc5c6ccccc6n(c2cc1N3c1ccc(-c2ccccc2)cc1)c45. The molecule has 0 atom stereocenters. The van der Waals surface area contributed by atoms with E-state index in [0.717, 1.165) is 117 Å². The van der Waals surface area contributed by atoms with Crippen LogP contribution in [-0.4, -0.2) is 20.2 Å². The maximum Gasteiger partial charge on any atom is 0.252 e. The summed E-state index contributed by atoms with van der Waals surface area (Å²) in [5.74, 6) is 0. The predicted octanol–water partition coefficient (Wildman–Crippen LogP) is 26.4. The molecular formula is C104H74BN5O. The van der Waals surface area contributed by atoms with Crippen LogP contribution in [0.4, 0.5) is 34.1 Å². The zero-order chi connectivity index (χ0) is 73.9. The van der Waals surface area contributed by atoms with Crippen molar-refractivity contribution in [3.63, 3.8) is 0 Å². The molecule has 23 rings (SSSR count). The minimum atomic E-state index is -0.300. The molecule has 0 saturated carbocycles. The molecule has 0 amide bonds. The van der Waals surface area contributed by atoms with Gasteiger partial charge in [-0.1, -0.05) is 272 Å². The molecule has 16 aromatic carbocycles. The Morgan fingerprint density at radius 3 is 1.28 bits per heavy atom. The maximum atomic E-state index is 6.77. The first-order chi connectivity index (χ1) is 54.3. The molecule has 111 heavy (non-hydrogen) atoms. The maximum absolute atomic E-state index is 6.77. The average Bonchev–Trinajstić information content (AvgIpc) is 1.58. The standard InChI is InChI=1S/C104H74BN5O/c1-103(2,3)67-44-52-89-82(56-67)83-57-68(104(4,5)6)45-53-90(83)108(89)71-50-51-85-93(58-71)106(69-46-40-65(41-47-69)63-24-9-7-10-25-63)95-59-72(109-88-38-21-18-33-80(88)99-91(109)54-55-98-100(99)81-34-19-22-39-97(81)111-98)60-96-101(95)105(85)86-61-84-76-31-16-14-29-74(76)73-28-13-15-30-75(73)78-35-23-36-79-77-32-17-20-37-87(77)110(102(78)79)92(84)62-94(86)107(96)70-48-42-66(43-49-70)64-26-11-8-12-27-64/h7-62H,1-6H3. The molecular weight excluding hydrogens is 1350 g/mol. The summed E-state index contributed by atoms with van der Waals surface area (Å²) in [5.41, 5.74) is 29.2. The lowest BCUT2D eigenvalue weighted by Gasteiger charge is -2.44. The molecule has 0 bridgehead atoms. The van der Waals surface area contributed by atoms with Gasteiger partial charge in [-0.15, -0.1) is 0 Å². The highest BCUT2D eigenvalue weighted by Crippen LogP contribution is 2.51. The summed E-state index contributed by atoms with van der Waals surface area (Å²) >= 11 is 0. The van der Waals surface area contributed by atoms with Crippen molar-refractivity contribution in [3.8, 4) is 33.6 Å². The van der Waals surface area contributed by atoms with Gasteiger partial charge < -0.3 is 27.8 Å². The van der Waals surface area contributed by atoms with Crippen molar-refractivity contribution in [2.24, 2.45) is 0 Å². The summed E-state index contributed by atoms with van der Waals surface area (Å²) < 4.78 is 14.5. The summed E-state index contributed by atoms with van der Waals surface area (Å²) in [7, 11) is 0. The van der Waals surface area contributed by atoms with Crippen LogP contribution in [0.1, 0.15) is 52.7 Å². The molecule has 0 radical (unpaired) electrons. The summed E-state index contributed by atoms with van der Waals surface area (Å²) in [6, 6.07) is 129. The third-order valence-corrected chi connectivity index (χ3v) is 24.5. The number of aromatic nitrogens is 3. The number of rotatable bonds is 6. The fourth-order valence-electron chi connectivity index (χ4n) is 19.3. The Labute approximate surface area is 642 Å². The second-order valence-electron chi connectivity index (χ2n) is 32.7. The number of furan rings is 1. The van der Waals surface area contributed by atoms with E-state index in [9.17, 15) is 0 Å². The van der Waals surface area contributed by atoms with E-state index in [-0.39, 0.29) is 17.5 Å². The lowest BCUT2D eigenvalue weighted by atomic mass is 9.33. The van der Waals surface area contributed by atoms with Gasteiger partial charge in [-0.3, -0.25) is 0 Å². The van der Waals surface area contributed by atoms with Gasteiger partial charge in [0.1, 0.15) is 11.2 Å². The molecule has 6 nitrogen and oxygen atoms in total. The topological polar surface area (TPSA) is 33.9 Å². The highest BCUT2D eigenvalue weighted by atomic mass is 16.3. The quantitative estimate of drug-likeness (QED) is 0.156. The predicted molar refractivity (Wildman–Crippen MR) is 472 cm³/mol. The van der Waals surface area contributed by atoms with Gasteiger partial charge in [0, 0.05) is 93.7 Å². The zero-order valence-corrected chi connectivity index (χ0v) is 62.6. The van der Waals surface area contributed by atoms with Gasteiger partial charge in [0.05, 0.1) is 44.3 Å². The van der Waals surface area contributed by atoms with Crippen LogP contribution >= 0.6 is 0 Å². The molecule has 0 N–H and O–H groups in total. The van der Waals surface area contributed by atoms with Crippen molar-refractivity contribution < 1.29 is 4.42 Å². The van der Waals surface area contributed by atoms with Gasteiger partial charge in [-0.2, -0.15) is 0 Å². The van der Waals surface area contributed by atoms with Crippen molar-refractivity contribution in [3.05, 3.63) is 351 Å². The van der Waals surface area contributed by atoms with Crippen LogP contribution in [0, 0.1) is 0 Å². The number of hydrogen-bond donors (Lipinski definition) is 0. The number of benzene rings is 16. The molecule has 2 aliphatic heterocycles. The second kappa shape index (κ2) is 23.4. The molecule has 7 heterocycles. The molecule has 0 fully saturated rings. The first-order valence-corrected chi connectivity index (χ1v) is 38.9. The van der Waals surface area contributed by atoms with Gasteiger partial charge in [-0.05, 0) is 191 Å². The third-order valence-electron chi connectivity index (χ3n) is 24.5. The van der Waals surface area contributed by atoms with E-state index in [4.69, 9.17) is 4.42 Å². The normalized spacial score (nSPS) is 13.1. The first kappa shape index (κ1) is 63.5. The smallest absolute Gasteiger partial charge is 0.252 e. The van der Waals surface area contributed by atoms with E-state index in [1.54, 1.807) is 0 Å². The lowest BCUT2D eigenvalue weighted by molar-refractivity contribution is 0.590. The zero-order valence-electron chi connectivity index (χ0n) is 62.6. The summed E-state index contributed by atoms with van der Waals surface area (Å²) in [6.07, 6.45) is 0. The average molecular weight is 1420 g/mol. The van der Waals surface area contributed by atoms with Crippen LogP contribution in [0.25, 0.3) is 159 Å². The Hall–Kier alpha value is -13.6. The largest absolute Gasteiger partial charge is 0.456 e. The Kier molecular flexibility index (Phi) is 13.4. The molecule has 0 aliphatic carbocycles. The number of anilines is 6. The summed E-state index contributed by atoms with van der Waals surface area (Å²) in [5, 5.41) is 16.6. The lowest BCUT2D eigenvalue weighted by Crippen LogP contribution is -2.61. The fourth-order valence-corrected chi connectivity index (χ4v) is 19.3. The molecule has 5 aromatic heterocycles. The van der Waals surface area contributed by atoms with Gasteiger partial charge in [0.15, 0.2) is 0 Å². The van der Waals surface area contributed by atoms with Crippen LogP contribution in [0.5, 0.6) is 0 Å². The highest BCUT2D eigenvalue weighted by Gasteiger charge is 2.45. The fraction of sp³-hybridized carbons (Fsp3) is 0.0769. The third kappa shape index (κ3) is 9.33. The first-order valence-electron chi connectivity index (χ1n) is 38.9. The van der Waals surface area contributed by atoms with Gasteiger partial charge in [0.25, 0.3) is 6.71 Å². The Morgan fingerprint density at radius 1 is 0.252 bits per heavy atom. The molecule has 2 aliphatic rings. The van der Waals surface area contributed by atoms with Gasteiger partial charge in [0.2, 0.25) is 0 Å². The minimum absolute atomic E-state index is 0.0654. The van der Waals surface area contributed by atoms with E-state index in [2.05, 4.69) is 405 Å². The second-order valence-corrected chi connectivity index (χ2v) is 32.7. The van der Waals surface area contributed by atoms with Crippen LogP contribution in [0.3, 0.4) is 0 Å². The van der Waals surface area contributed by atoms with Crippen LogP contribution in [-0.2, 0) is 10.8 Å². The van der Waals surface area contributed by atoms with E-state index in [0.29, 0.717) is 0 Å². The van der Waals surface area contributed by atoms with E-state index < -0.39 is 0 Å². The van der Waals surface area contributed by atoms with Crippen LogP contribution in [0.15, 0.2) is 344 Å². The Bertz CT molecular complexity index is 7520. The van der Waals surface area contributed by atoms with E-state index in [1.807, 2.05) is 0 Å². The number of fused-ring (bicyclic) bond motifs is 24. The minimum Gasteiger partial charge on any atom is -0.456 e. The highest BCUT2D eigenvalue weighted by molar-refractivity contribution is 7.00. The van der Waals surface area contributed by atoms with Gasteiger partial charge in [-0.25, -0.2) is 0 Å². The number of nitrogens with zero attached hydrogens (tertiary/aromatic N) is 5. The van der Waals surface area contributed by atoms with Crippen LogP contribution < -0.4 is 26.2 Å². The molecule has 524 valence electrons. The van der Waals surface area contributed by atoms with Crippen molar-refractivity contribution in [1.82, 2.24) is 13.5 Å². The number of para-hydroxylation sites is 4. The monoisotopic (exact) mass is 1420 g/mol. The summed E-state index contributed by atoms with van der Waals surface area (Å²) in [6.45, 7) is 13.7. The van der Waals surface area contributed by atoms with Crippen molar-refractivity contribution in [2.45, 2.75) is 52.4 Å². The molecule has 0 spiro atoms. The molecule has 7 heteroatoms. The summed E-state index contributed by atoms with van der Waals surface area (Å²) in [4.78, 5) is 5.25.